The maximum Gasteiger partial charge on any atom is 0.326 e. The van der Waals surface area contributed by atoms with Crippen LogP contribution in [0.25, 0.3) is 0 Å². The first kappa shape index (κ1) is 29.3. The molecular formula is C21H31N5O6S2. The third kappa shape index (κ3) is 10.4. The van der Waals surface area contributed by atoms with Gasteiger partial charge in [0, 0.05) is 12.2 Å². The zero-order valence-corrected chi connectivity index (χ0v) is 20.4. The van der Waals surface area contributed by atoms with Crippen LogP contribution in [0.3, 0.4) is 0 Å². The molecule has 4 atom stereocenters. The van der Waals surface area contributed by atoms with Crippen molar-refractivity contribution in [2.75, 3.05) is 17.8 Å². The third-order valence-electron chi connectivity index (χ3n) is 4.72. The molecule has 0 heterocycles. The number of hydrogen-bond donors (Lipinski definition) is 7. The number of thioether (sulfide) groups is 1. The van der Waals surface area contributed by atoms with Crippen molar-refractivity contribution >= 4 is 54.0 Å². The second-order valence-corrected chi connectivity index (χ2v) is 8.80. The Morgan fingerprint density at radius 3 is 2.06 bits per heavy atom. The first-order valence-electron chi connectivity index (χ1n) is 10.4. The number of amides is 4. The molecule has 1 rings (SSSR count). The van der Waals surface area contributed by atoms with Crippen LogP contribution in [0.1, 0.15) is 18.4 Å². The molecule has 0 aromatic heterocycles. The molecule has 0 aliphatic carbocycles. The Morgan fingerprint density at radius 2 is 1.53 bits per heavy atom. The molecule has 0 bridgehead atoms. The SMILES string of the molecule is CSCCC(N)C(=O)NC(Cc1ccccc1)C(=O)NC(CS)C(=O)NC(CC(N)=O)C(=O)O. The molecule has 1 aromatic carbocycles. The van der Waals surface area contributed by atoms with E-state index in [1.54, 1.807) is 24.3 Å². The van der Waals surface area contributed by atoms with Gasteiger partial charge in [-0.1, -0.05) is 30.3 Å². The Labute approximate surface area is 207 Å². The van der Waals surface area contributed by atoms with Crippen LogP contribution in [0, 0.1) is 0 Å². The molecule has 0 saturated carbocycles. The van der Waals surface area contributed by atoms with Gasteiger partial charge in [-0.05, 0) is 24.0 Å². The fourth-order valence-corrected chi connectivity index (χ4v) is 3.60. The van der Waals surface area contributed by atoms with Crippen LogP contribution in [0.2, 0.25) is 0 Å². The minimum atomic E-state index is -1.56. The van der Waals surface area contributed by atoms with Crippen molar-refractivity contribution in [3.63, 3.8) is 0 Å². The second kappa shape index (κ2) is 15.2. The number of primary amides is 1. The van der Waals surface area contributed by atoms with E-state index < -0.39 is 60.2 Å². The van der Waals surface area contributed by atoms with E-state index >= 15 is 0 Å². The molecule has 0 radical (unpaired) electrons. The molecule has 0 aliphatic rings. The number of carbonyl (C=O) groups is 5. The van der Waals surface area contributed by atoms with Crippen molar-refractivity contribution in [2.24, 2.45) is 11.5 Å². The molecule has 188 valence electrons. The van der Waals surface area contributed by atoms with Crippen molar-refractivity contribution in [1.82, 2.24) is 16.0 Å². The van der Waals surface area contributed by atoms with Gasteiger partial charge in [0.15, 0.2) is 0 Å². The van der Waals surface area contributed by atoms with Crippen LogP contribution < -0.4 is 27.4 Å². The zero-order valence-electron chi connectivity index (χ0n) is 18.7. The van der Waals surface area contributed by atoms with Crippen LogP contribution in [0.4, 0.5) is 0 Å². The number of thiol groups is 1. The van der Waals surface area contributed by atoms with Crippen LogP contribution in [0.15, 0.2) is 30.3 Å². The molecule has 8 N–H and O–H groups in total. The van der Waals surface area contributed by atoms with Gasteiger partial charge < -0.3 is 32.5 Å². The van der Waals surface area contributed by atoms with Gasteiger partial charge in [-0.25, -0.2) is 4.79 Å². The standard InChI is InChI=1S/C21H31N5O6S2/c1-34-8-7-13(22)18(28)24-14(9-12-5-3-2-4-6-12)19(29)26-16(11-33)20(30)25-15(21(31)32)10-17(23)27/h2-6,13-16,33H,7-11,22H2,1H3,(H2,23,27)(H,24,28)(H,25,30)(H,26,29)(H,31,32). The van der Waals surface area contributed by atoms with E-state index in [9.17, 15) is 29.1 Å². The van der Waals surface area contributed by atoms with Gasteiger partial charge in [-0.3, -0.25) is 19.2 Å². The summed E-state index contributed by atoms with van der Waals surface area (Å²) in [7, 11) is 0. The summed E-state index contributed by atoms with van der Waals surface area (Å²) in [5.74, 6) is -3.91. The predicted molar refractivity (Wildman–Crippen MR) is 132 cm³/mol. The van der Waals surface area contributed by atoms with E-state index in [0.717, 1.165) is 5.56 Å². The van der Waals surface area contributed by atoms with E-state index in [4.69, 9.17) is 11.5 Å². The molecule has 34 heavy (non-hydrogen) atoms. The van der Waals surface area contributed by atoms with E-state index in [-0.39, 0.29) is 12.2 Å². The number of carboxylic acids is 1. The molecule has 11 nitrogen and oxygen atoms in total. The number of rotatable bonds is 15. The lowest BCUT2D eigenvalue weighted by Crippen LogP contribution is -2.58. The lowest BCUT2D eigenvalue weighted by molar-refractivity contribution is -0.143. The van der Waals surface area contributed by atoms with Crippen molar-refractivity contribution in [2.45, 2.75) is 43.4 Å². The topological polar surface area (TPSA) is 194 Å². The van der Waals surface area contributed by atoms with E-state index in [1.807, 2.05) is 12.3 Å². The van der Waals surface area contributed by atoms with Gasteiger partial charge in [0.25, 0.3) is 0 Å². The van der Waals surface area contributed by atoms with E-state index in [2.05, 4.69) is 28.6 Å². The Bertz CT molecular complexity index is 857. The maximum absolute atomic E-state index is 13.0. The molecule has 4 amide bonds. The molecule has 0 saturated heterocycles. The van der Waals surface area contributed by atoms with Crippen molar-refractivity contribution in [1.29, 1.82) is 0 Å². The van der Waals surface area contributed by atoms with Crippen molar-refractivity contribution in [3.05, 3.63) is 35.9 Å². The number of benzene rings is 1. The summed E-state index contributed by atoms with van der Waals surface area (Å²) in [6.07, 6.45) is 1.82. The Hall–Kier alpha value is -2.77. The zero-order chi connectivity index (χ0) is 25.7. The summed E-state index contributed by atoms with van der Waals surface area (Å²) in [6, 6.07) is 4.29. The fraction of sp³-hybridized carbons (Fsp3) is 0.476. The van der Waals surface area contributed by atoms with Crippen molar-refractivity contribution < 1.29 is 29.1 Å². The largest absolute Gasteiger partial charge is 0.480 e. The van der Waals surface area contributed by atoms with E-state index in [1.165, 1.54) is 11.8 Å². The Morgan fingerprint density at radius 1 is 0.971 bits per heavy atom. The minimum absolute atomic E-state index is 0.133. The van der Waals surface area contributed by atoms with Gasteiger partial charge in [0.2, 0.25) is 23.6 Å². The molecule has 4 unspecified atom stereocenters. The number of nitrogens with one attached hydrogen (secondary N) is 3. The number of nitrogens with two attached hydrogens (primary N) is 2. The van der Waals surface area contributed by atoms with Crippen LogP contribution in [-0.2, 0) is 30.4 Å². The fourth-order valence-electron chi connectivity index (χ4n) is 2.85. The Kier molecular flexibility index (Phi) is 13.1. The van der Waals surface area contributed by atoms with Crippen LogP contribution in [0.5, 0.6) is 0 Å². The van der Waals surface area contributed by atoms with Gasteiger partial charge in [-0.15, -0.1) is 0 Å². The molecule has 0 fully saturated rings. The number of carboxylic acid groups (broad SMARTS) is 1. The van der Waals surface area contributed by atoms with Gasteiger partial charge in [-0.2, -0.15) is 24.4 Å². The lowest BCUT2D eigenvalue weighted by Gasteiger charge is -2.24. The summed E-state index contributed by atoms with van der Waals surface area (Å²) < 4.78 is 0. The number of hydrogen-bond acceptors (Lipinski definition) is 8. The molecular weight excluding hydrogens is 482 g/mol. The van der Waals surface area contributed by atoms with Gasteiger partial charge >= 0.3 is 5.97 Å². The summed E-state index contributed by atoms with van der Waals surface area (Å²) in [4.78, 5) is 60.4. The highest BCUT2D eigenvalue weighted by atomic mass is 32.2. The summed E-state index contributed by atoms with van der Waals surface area (Å²) in [6.45, 7) is 0. The molecule has 1 aromatic rings. The van der Waals surface area contributed by atoms with Crippen LogP contribution >= 0.6 is 24.4 Å². The van der Waals surface area contributed by atoms with Gasteiger partial charge in [0.1, 0.15) is 18.1 Å². The lowest BCUT2D eigenvalue weighted by atomic mass is 10.0. The number of carbonyl (C=O) groups excluding carboxylic acids is 4. The molecule has 13 heteroatoms. The summed E-state index contributed by atoms with van der Waals surface area (Å²) in [5, 5.41) is 16.5. The van der Waals surface area contributed by atoms with E-state index in [0.29, 0.717) is 12.2 Å². The molecule has 0 aliphatic heterocycles. The highest BCUT2D eigenvalue weighted by molar-refractivity contribution is 7.98. The highest BCUT2D eigenvalue weighted by Crippen LogP contribution is 2.06. The van der Waals surface area contributed by atoms with Crippen molar-refractivity contribution in [3.8, 4) is 0 Å². The predicted octanol–water partition coefficient (Wildman–Crippen LogP) is -1.35. The summed E-state index contributed by atoms with van der Waals surface area (Å²) in [5.41, 5.74) is 11.7. The van der Waals surface area contributed by atoms with Crippen LogP contribution in [-0.4, -0.2) is 76.6 Å². The third-order valence-corrected chi connectivity index (χ3v) is 5.73. The average molecular weight is 514 g/mol. The quantitative estimate of drug-likeness (QED) is 0.140. The smallest absolute Gasteiger partial charge is 0.326 e. The average Bonchev–Trinajstić information content (AvgIpc) is 2.79. The number of aliphatic carboxylic acids is 1. The summed E-state index contributed by atoms with van der Waals surface area (Å²) >= 11 is 5.60. The first-order chi connectivity index (χ1) is 16.1. The highest BCUT2D eigenvalue weighted by Gasteiger charge is 2.30. The maximum atomic E-state index is 13.0. The van der Waals surface area contributed by atoms with Gasteiger partial charge in [0.05, 0.1) is 12.5 Å². The normalized spacial score (nSPS) is 14.2. The first-order valence-corrected chi connectivity index (χ1v) is 12.4. The Balaban J connectivity index is 2.96. The molecule has 0 spiro atoms. The minimum Gasteiger partial charge on any atom is -0.480 e. The second-order valence-electron chi connectivity index (χ2n) is 7.45. The monoisotopic (exact) mass is 513 g/mol.